The Morgan fingerprint density at radius 2 is 2.00 bits per heavy atom. The van der Waals surface area contributed by atoms with Crippen molar-refractivity contribution in [2.24, 2.45) is 0 Å². The molecule has 0 spiro atoms. The highest BCUT2D eigenvalue weighted by Crippen LogP contribution is 2.18. The predicted octanol–water partition coefficient (Wildman–Crippen LogP) is 1.59. The minimum absolute atomic E-state index is 0.0974. The number of hydrogen-bond donors (Lipinski definition) is 2. The highest BCUT2D eigenvalue weighted by Gasteiger charge is 2.14. The van der Waals surface area contributed by atoms with E-state index in [0.29, 0.717) is 5.56 Å². The molecule has 1 aromatic rings. The first-order valence-electron chi connectivity index (χ1n) is 6.58. The molecule has 0 radical (unpaired) electrons. The number of rotatable bonds is 6. The average molecular weight is 298 g/mol. The van der Waals surface area contributed by atoms with Crippen LogP contribution in [0.5, 0.6) is 0 Å². The second kappa shape index (κ2) is 6.74. The maximum absolute atomic E-state index is 11.6. The molecule has 20 heavy (non-hydrogen) atoms. The van der Waals surface area contributed by atoms with E-state index in [1.807, 2.05) is 13.8 Å². The maximum atomic E-state index is 11.6. The Hall–Kier alpha value is -1.56. The van der Waals surface area contributed by atoms with Crippen molar-refractivity contribution in [3.63, 3.8) is 0 Å². The lowest BCUT2D eigenvalue weighted by Crippen LogP contribution is -2.27. The molecule has 0 heterocycles. The summed E-state index contributed by atoms with van der Waals surface area (Å²) >= 11 is 0. The van der Waals surface area contributed by atoms with Crippen molar-refractivity contribution < 1.29 is 13.2 Å². The second-order valence-corrected chi connectivity index (χ2v) is 7.25. The quantitative estimate of drug-likeness (QED) is 0.836. The van der Waals surface area contributed by atoms with E-state index >= 15 is 0 Å². The van der Waals surface area contributed by atoms with Crippen molar-refractivity contribution in [2.45, 2.75) is 26.8 Å². The summed E-state index contributed by atoms with van der Waals surface area (Å²) in [4.78, 5) is 11.5. The lowest BCUT2D eigenvalue weighted by molar-refractivity contribution is 0.0963. The van der Waals surface area contributed by atoms with E-state index in [4.69, 9.17) is 0 Å². The first-order valence-corrected chi connectivity index (χ1v) is 8.41. The Morgan fingerprint density at radius 3 is 2.50 bits per heavy atom. The molecule has 0 saturated heterocycles. The van der Waals surface area contributed by atoms with Gasteiger partial charge in [0.2, 0.25) is 0 Å². The van der Waals surface area contributed by atoms with Crippen molar-refractivity contribution in [3.05, 3.63) is 29.3 Å². The Labute approximate surface area is 120 Å². The molecule has 1 amide bonds. The van der Waals surface area contributed by atoms with Crippen LogP contribution < -0.4 is 10.6 Å². The van der Waals surface area contributed by atoms with Gasteiger partial charge in [0.1, 0.15) is 0 Å². The molecule has 5 nitrogen and oxygen atoms in total. The first kappa shape index (κ1) is 16.5. The van der Waals surface area contributed by atoms with Crippen molar-refractivity contribution in [1.82, 2.24) is 5.32 Å². The highest BCUT2D eigenvalue weighted by molar-refractivity contribution is 7.91. The van der Waals surface area contributed by atoms with Gasteiger partial charge in [-0.1, -0.05) is 6.92 Å². The van der Waals surface area contributed by atoms with Gasteiger partial charge in [-0.05, 0) is 37.6 Å². The van der Waals surface area contributed by atoms with Gasteiger partial charge in [-0.3, -0.25) is 4.79 Å². The van der Waals surface area contributed by atoms with Gasteiger partial charge in [-0.2, -0.15) is 0 Å². The molecule has 1 aromatic carbocycles. The normalized spacial score (nSPS) is 12.8. The van der Waals surface area contributed by atoms with Crippen LogP contribution in [0.4, 0.5) is 5.69 Å². The lowest BCUT2D eigenvalue weighted by Gasteiger charge is -2.17. The molecule has 1 atom stereocenters. The van der Waals surface area contributed by atoms with Crippen molar-refractivity contribution >= 4 is 21.4 Å². The molecule has 0 aromatic heterocycles. The summed E-state index contributed by atoms with van der Waals surface area (Å²) in [5, 5.41) is 5.74. The Kier molecular flexibility index (Phi) is 5.56. The molecule has 0 aliphatic heterocycles. The molecule has 1 rings (SSSR count). The number of aryl methyl sites for hydroxylation is 1. The third-order valence-corrected chi connectivity index (χ3v) is 4.95. The average Bonchev–Trinajstić information content (AvgIpc) is 2.39. The fourth-order valence-electron chi connectivity index (χ4n) is 1.92. The van der Waals surface area contributed by atoms with Crippen LogP contribution >= 0.6 is 0 Å². The lowest BCUT2D eigenvalue weighted by atomic mass is 10.1. The van der Waals surface area contributed by atoms with Gasteiger partial charge in [0, 0.05) is 30.1 Å². The Bertz CT molecular complexity index is 582. The zero-order valence-corrected chi connectivity index (χ0v) is 13.2. The molecule has 2 N–H and O–H groups in total. The van der Waals surface area contributed by atoms with E-state index in [9.17, 15) is 13.2 Å². The predicted molar refractivity (Wildman–Crippen MR) is 82.0 cm³/mol. The number of anilines is 1. The number of carbonyl (C=O) groups is 1. The third kappa shape index (κ3) is 4.52. The molecule has 0 aliphatic carbocycles. The van der Waals surface area contributed by atoms with Crippen LogP contribution in [-0.2, 0) is 9.84 Å². The number of amides is 1. The zero-order valence-electron chi connectivity index (χ0n) is 12.4. The van der Waals surface area contributed by atoms with Crippen molar-refractivity contribution in [2.75, 3.05) is 23.9 Å². The van der Waals surface area contributed by atoms with Crippen molar-refractivity contribution in [1.29, 1.82) is 0 Å². The summed E-state index contributed by atoms with van der Waals surface area (Å²) in [6.07, 6.45) is 0. The standard InChI is InChI=1S/C14H22N2O3S/c1-5-20(18,19)9-11(3)16-13-7-6-12(8-10(13)2)14(17)15-4/h6-8,11,16H,5,9H2,1-4H3,(H,15,17). The fraction of sp³-hybridized carbons (Fsp3) is 0.500. The number of benzene rings is 1. The Balaban J connectivity index is 2.81. The summed E-state index contributed by atoms with van der Waals surface area (Å²) in [5.74, 6) is 0.106. The van der Waals surface area contributed by atoms with Gasteiger partial charge in [-0.25, -0.2) is 8.42 Å². The van der Waals surface area contributed by atoms with E-state index in [1.165, 1.54) is 0 Å². The summed E-state index contributed by atoms with van der Waals surface area (Å²) in [7, 11) is -1.42. The third-order valence-electron chi connectivity index (χ3n) is 3.06. The molecule has 0 saturated carbocycles. The summed E-state index contributed by atoms with van der Waals surface area (Å²) < 4.78 is 23.1. The van der Waals surface area contributed by atoms with Gasteiger partial charge < -0.3 is 10.6 Å². The topological polar surface area (TPSA) is 75.3 Å². The van der Waals surface area contributed by atoms with E-state index in [-0.39, 0.29) is 23.5 Å². The molecule has 0 bridgehead atoms. The minimum Gasteiger partial charge on any atom is -0.381 e. The SMILES string of the molecule is CCS(=O)(=O)CC(C)Nc1ccc(C(=O)NC)cc1C. The van der Waals surface area contributed by atoms with Gasteiger partial charge in [-0.15, -0.1) is 0 Å². The minimum atomic E-state index is -3.00. The van der Waals surface area contributed by atoms with Crippen LogP contribution in [0.3, 0.4) is 0 Å². The van der Waals surface area contributed by atoms with Gasteiger partial charge in [0.25, 0.3) is 5.91 Å². The monoisotopic (exact) mass is 298 g/mol. The smallest absolute Gasteiger partial charge is 0.251 e. The first-order chi connectivity index (χ1) is 9.29. The van der Waals surface area contributed by atoms with Gasteiger partial charge in [0.05, 0.1) is 5.75 Å². The molecule has 0 aliphatic rings. The van der Waals surface area contributed by atoms with E-state index in [1.54, 1.807) is 32.2 Å². The highest BCUT2D eigenvalue weighted by atomic mass is 32.2. The van der Waals surface area contributed by atoms with E-state index in [0.717, 1.165) is 11.3 Å². The molecule has 1 unspecified atom stereocenters. The van der Waals surface area contributed by atoms with Crippen LogP contribution in [0, 0.1) is 6.92 Å². The molecule has 112 valence electrons. The zero-order chi connectivity index (χ0) is 15.3. The van der Waals surface area contributed by atoms with Crippen molar-refractivity contribution in [3.8, 4) is 0 Å². The molecule has 0 fully saturated rings. The van der Waals surface area contributed by atoms with Gasteiger partial charge in [0.15, 0.2) is 9.84 Å². The van der Waals surface area contributed by atoms with Crippen LogP contribution in [0.1, 0.15) is 29.8 Å². The number of hydrogen-bond acceptors (Lipinski definition) is 4. The van der Waals surface area contributed by atoms with Crippen LogP contribution in [-0.4, -0.2) is 38.9 Å². The summed E-state index contributed by atoms with van der Waals surface area (Å²) in [6, 6.07) is 5.12. The fourth-order valence-corrected chi connectivity index (χ4v) is 3.00. The number of sulfone groups is 1. The second-order valence-electron chi connectivity index (χ2n) is 4.85. The molecular formula is C14H22N2O3S. The summed E-state index contributed by atoms with van der Waals surface area (Å²) in [6.45, 7) is 5.36. The van der Waals surface area contributed by atoms with Crippen LogP contribution in [0.15, 0.2) is 18.2 Å². The number of nitrogens with one attached hydrogen (secondary N) is 2. The van der Waals surface area contributed by atoms with Gasteiger partial charge >= 0.3 is 0 Å². The largest absolute Gasteiger partial charge is 0.381 e. The van der Waals surface area contributed by atoms with E-state index in [2.05, 4.69) is 10.6 Å². The molecule has 6 heteroatoms. The van der Waals surface area contributed by atoms with Crippen LogP contribution in [0.2, 0.25) is 0 Å². The Morgan fingerprint density at radius 1 is 1.35 bits per heavy atom. The van der Waals surface area contributed by atoms with E-state index < -0.39 is 9.84 Å². The number of carbonyl (C=O) groups excluding carboxylic acids is 1. The maximum Gasteiger partial charge on any atom is 0.251 e. The van der Waals surface area contributed by atoms with Crippen LogP contribution in [0.25, 0.3) is 0 Å². The summed E-state index contributed by atoms with van der Waals surface area (Å²) in [5.41, 5.74) is 2.34. The molecular weight excluding hydrogens is 276 g/mol.